The Morgan fingerprint density at radius 3 is 3.00 bits per heavy atom. The van der Waals surface area contributed by atoms with E-state index in [9.17, 15) is 9.90 Å². The van der Waals surface area contributed by atoms with Crippen LogP contribution in [0.2, 0.25) is 0 Å². The van der Waals surface area contributed by atoms with E-state index in [-0.39, 0.29) is 29.3 Å². The van der Waals surface area contributed by atoms with Crippen molar-refractivity contribution in [3.63, 3.8) is 0 Å². The monoisotopic (exact) mass is 249 g/mol. The second-order valence-electron chi connectivity index (χ2n) is 4.75. The van der Waals surface area contributed by atoms with E-state index in [0.29, 0.717) is 6.54 Å². The third kappa shape index (κ3) is 2.79. The molecule has 5 nitrogen and oxygen atoms in total. The highest BCUT2D eigenvalue weighted by atomic mass is 16.3. The number of anilines is 1. The van der Waals surface area contributed by atoms with Crippen LogP contribution in [-0.4, -0.2) is 22.5 Å². The molecule has 4 N–H and O–H groups in total. The van der Waals surface area contributed by atoms with E-state index in [1.807, 2.05) is 0 Å². The number of aromatic hydroxyl groups is 1. The first-order chi connectivity index (χ1) is 8.72. The summed E-state index contributed by atoms with van der Waals surface area (Å²) in [5, 5.41) is 12.3. The van der Waals surface area contributed by atoms with Gasteiger partial charge in [-0.15, -0.1) is 0 Å². The summed E-state index contributed by atoms with van der Waals surface area (Å²) in [4.78, 5) is 16.1. The molecule has 1 aliphatic carbocycles. The molecule has 0 bridgehead atoms. The van der Waals surface area contributed by atoms with Crippen molar-refractivity contribution in [2.45, 2.75) is 25.7 Å². The summed E-state index contributed by atoms with van der Waals surface area (Å²) in [5.41, 5.74) is 5.71. The van der Waals surface area contributed by atoms with Crippen molar-refractivity contribution in [3.8, 4) is 5.75 Å². The highest BCUT2D eigenvalue weighted by Crippen LogP contribution is 2.30. The topological polar surface area (TPSA) is 88.2 Å². The van der Waals surface area contributed by atoms with Crippen molar-refractivity contribution < 1.29 is 9.90 Å². The number of carbonyl (C=O) groups is 1. The zero-order valence-electron chi connectivity index (χ0n) is 10.3. The van der Waals surface area contributed by atoms with Crippen LogP contribution in [0.3, 0.4) is 0 Å². The highest BCUT2D eigenvalue weighted by Gasteiger charge is 2.30. The number of rotatable bonds is 3. The smallest absolute Gasteiger partial charge is 0.229 e. The maximum atomic E-state index is 12.2. The van der Waals surface area contributed by atoms with E-state index in [0.717, 1.165) is 25.7 Å². The number of carbonyl (C=O) groups excluding carboxylic acids is 1. The van der Waals surface area contributed by atoms with E-state index < -0.39 is 0 Å². The van der Waals surface area contributed by atoms with Crippen LogP contribution in [0.15, 0.2) is 18.3 Å². The van der Waals surface area contributed by atoms with Gasteiger partial charge in [-0.3, -0.25) is 4.79 Å². The lowest BCUT2D eigenvalue weighted by atomic mass is 9.79. The Kier molecular flexibility index (Phi) is 4.15. The molecule has 1 aromatic rings. The fourth-order valence-electron chi connectivity index (χ4n) is 2.54. The molecule has 2 rings (SSSR count). The lowest BCUT2D eigenvalue weighted by molar-refractivity contribution is -0.122. The van der Waals surface area contributed by atoms with Crippen molar-refractivity contribution in [1.82, 2.24) is 4.98 Å². The molecule has 18 heavy (non-hydrogen) atoms. The minimum Gasteiger partial charge on any atom is -0.504 e. The Labute approximate surface area is 106 Å². The molecule has 0 aliphatic heterocycles. The zero-order chi connectivity index (χ0) is 13.0. The predicted molar refractivity (Wildman–Crippen MR) is 69.0 cm³/mol. The van der Waals surface area contributed by atoms with Crippen LogP contribution in [0.25, 0.3) is 0 Å². The van der Waals surface area contributed by atoms with Gasteiger partial charge in [-0.1, -0.05) is 12.8 Å². The predicted octanol–water partition coefficient (Wildman–Crippen LogP) is 1.49. The van der Waals surface area contributed by atoms with E-state index in [1.54, 1.807) is 6.07 Å². The minimum absolute atomic E-state index is 0.00837. The molecule has 5 heteroatoms. The van der Waals surface area contributed by atoms with Gasteiger partial charge in [0.2, 0.25) is 5.91 Å². The summed E-state index contributed by atoms with van der Waals surface area (Å²) in [7, 11) is 0. The first kappa shape index (κ1) is 12.8. The Balaban J connectivity index is 2.05. The number of aromatic nitrogens is 1. The van der Waals surface area contributed by atoms with Crippen LogP contribution in [0, 0.1) is 11.8 Å². The van der Waals surface area contributed by atoms with Crippen molar-refractivity contribution >= 4 is 11.7 Å². The van der Waals surface area contributed by atoms with Gasteiger partial charge in [-0.05, 0) is 37.4 Å². The van der Waals surface area contributed by atoms with Crippen molar-refractivity contribution in [2.24, 2.45) is 17.6 Å². The van der Waals surface area contributed by atoms with Crippen LogP contribution in [0.5, 0.6) is 5.75 Å². The Morgan fingerprint density at radius 1 is 1.50 bits per heavy atom. The van der Waals surface area contributed by atoms with E-state index in [1.165, 1.54) is 12.3 Å². The average molecular weight is 249 g/mol. The summed E-state index contributed by atoms with van der Waals surface area (Å²) >= 11 is 0. The number of nitrogens with zero attached hydrogens (tertiary/aromatic N) is 1. The quantitative estimate of drug-likeness (QED) is 0.757. The van der Waals surface area contributed by atoms with Gasteiger partial charge < -0.3 is 16.2 Å². The van der Waals surface area contributed by atoms with Gasteiger partial charge in [0, 0.05) is 12.1 Å². The Hall–Kier alpha value is -1.62. The van der Waals surface area contributed by atoms with Gasteiger partial charge in [-0.2, -0.15) is 0 Å². The number of nitrogens with one attached hydrogen (secondary N) is 1. The number of pyridine rings is 1. The molecular formula is C13H19N3O2. The van der Waals surface area contributed by atoms with Gasteiger partial charge >= 0.3 is 0 Å². The standard InChI is InChI=1S/C13H19N3O2/c14-8-9-4-1-2-5-10(9)13(18)16-12-11(17)6-3-7-15-12/h3,6-7,9-10,17H,1-2,4-5,8,14H2,(H,15,16,18). The molecule has 1 amide bonds. The SMILES string of the molecule is NCC1CCCCC1C(=O)Nc1ncccc1O. The maximum absolute atomic E-state index is 12.2. The Morgan fingerprint density at radius 2 is 2.28 bits per heavy atom. The molecule has 0 spiro atoms. The van der Waals surface area contributed by atoms with Crippen LogP contribution in [0.4, 0.5) is 5.82 Å². The summed E-state index contributed by atoms with van der Waals surface area (Å²) in [5.74, 6) is 0.309. The van der Waals surface area contributed by atoms with Crippen LogP contribution < -0.4 is 11.1 Å². The van der Waals surface area contributed by atoms with Crippen LogP contribution >= 0.6 is 0 Å². The first-order valence-corrected chi connectivity index (χ1v) is 6.37. The molecule has 2 unspecified atom stereocenters. The molecule has 0 saturated heterocycles. The zero-order valence-corrected chi connectivity index (χ0v) is 10.3. The van der Waals surface area contributed by atoms with Gasteiger partial charge in [-0.25, -0.2) is 4.98 Å². The number of amides is 1. The fourth-order valence-corrected chi connectivity index (χ4v) is 2.54. The minimum atomic E-state index is -0.0841. The van der Waals surface area contributed by atoms with Crippen molar-refractivity contribution in [1.29, 1.82) is 0 Å². The van der Waals surface area contributed by atoms with Crippen LogP contribution in [-0.2, 0) is 4.79 Å². The van der Waals surface area contributed by atoms with Gasteiger partial charge in [0.05, 0.1) is 0 Å². The van der Waals surface area contributed by atoms with E-state index in [4.69, 9.17) is 5.73 Å². The highest BCUT2D eigenvalue weighted by molar-refractivity contribution is 5.93. The van der Waals surface area contributed by atoms with Gasteiger partial charge in [0.1, 0.15) is 0 Å². The van der Waals surface area contributed by atoms with Crippen molar-refractivity contribution in [2.75, 3.05) is 11.9 Å². The first-order valence-electron chi connectivity index (χ1n) is 6.37. The Bertz CT molecular complexity index is 422. The molecule has 1 aliphatic rings. The molecule has 98 valence electrons. The maximum Gasteiger partial charge on any atom is 0.229 e. The summed E-state index contributed by atoms with van der Waals surface area (Å²) < 4.78 is 0. The third-order valence-corrected chi connectivity index (χ3v) is 3.58. The normalized spacial score (nSPS) is 23.6. The van der Waals surface area contributed by atoms with E-state index in [2.05, 4.69) is 10.3 Å². The summed E-state index contributed by atoms with van der Waals surface area (Å²) in [6.07, 6.45) is 5.60. The average Bonchev–Trinajstić information content (AvgIpc) is 2.41. The molecule has 0 aromatic carbocycles. The molecule has 1 saturated carbocycles. The second kappa shape index (κ2) is 5.82. The third-order valence-electron chi connectivity index (χ3n) is 3.58. The van der Waals surface area contributed by atoms with Crippen molar-refractivity contribution in [3.05, 3.63) is 18.3 Å². The number of nitrogens with two attached hydrogens (primary N) is 1. The van der Waals surface area contributed by atoms with E-state index >= 15 is 0 Å². The molecule has 1 heterocycles. The lowest BCUT2D eigenvalue weighted by Gasteiger charge is -2.29. The van der Waals surface area contributed by atoms with Crippen LogP contribution in [0.1, 0.15) is 25.7 Å². The molecule has 0 radical (unpaired) electrons. The molecule has 1 fully saturated rings. The molecule has 2 atom stereocenters. The molecule has 1 aromatic heterocycles. The number of hydrogen-bond acceptors (Lipinski definition) is 4. The summed E-state index contributed by atoms with van der Waals surface area (Å²) in [6.45, 7) is 0.534. The fraction of sp³-hybridized carbons (Fsp3) is 0.538. The molecular weight excluding hydrogens is 230 g/mol. The second-order valence-corrected chi connectivity index (χ2v) is 4.75. The summed E-state index contributed by atoms with van der Waals surface area (Å²) in [6, 6.07) is 3.12. The van der Waals surface area contributed by atoms with Gasteiger partial charge in [0.15, 0.2) is 11.6 Å². The lowest BCUT2D eigenvalue weighted by Crippen LogP contribution is -2.35. The number of hydrogen-bond donors (Lipinski definition) is 3. The largest absolute Gasteiger partial charge is 0.504 e. The van der Waals surface area contributed by atoms with Gasteiger partial charge in [0.25, 0.3) is 0 Å².